The van der Waals surface area contributed by atoms with Crippen LogP contribution in [0.3, 0.4) is 0 Å². The van der Waals surface area contributed by atoms with Gasteiger partial charge in [-0.05, 0) is 35.6 Å². The highest BCUT2D eigenvalue weighted by Gasteiger charge is 2.18. The molecule has 0 aliphatic heterocycles. The Balaban J connectivity index is 1.98. The number of benzene rings is 2. The predicted molar refractivity (Wildman–Crippen MR) is 90.1 cm³/mol. The Bertz CT molecular complexity index is 873. The summed E-state index contributed by atoms with van der Waals surface area (Å²) in [6.07, 6.45) is 1.69. The maximum Gasteiger partial charge on any atom is 0.266 e. The van der Waals surface area contributed by atoms with Crippen molar-refractivity contribution in [2.45, 2.75) is 19.8 Å². The topological polar surface area (TPSA) is 29.1 Å². The molecule has 1 heterocycles. The first-order valence-electron chi connectivity index (χ1n) is 7.37. The summed E-state index contributed by atoms with van der Waals surface area (Å²) in [6, 6.07) is 10.9. The molecular weight excluding hydrogens is 316 g/mol. The zero-order chi connectivity index (χ0) is 16.4. The molecule has 5 heteroatoms. The number of carbonyl (C=O) groups excluding carboxylic acids is 1. The van der Waals surface area contributed by atoms with E-state index < -0.39 is 11.6 Å². The second-order valence-corrected chi connectivity index (χ2v) is 6.29. The van der Waals surface area contributed by atoms with E-state index in [-0.39, 0.29) is 11.6 Å². The van der Waals surface area contributed by atoms with Crippen molar-refractivity contribution in [1.82, 2.24) is 0 Å². The molecule has 23 heavy (non-hydrogen) atoms. The van der Waals surface area contributed by atoms with Gasteiger partial charge >= 0.3 is 0 Å². The van der Waals surface area contributed by atoms with Crippen molar-refractivity contribution in [2.75, 3.05) is 5.32 Å². The van der Waals surface area contributed by atoms with E-state index in [0.717, 1.165) is 40.6 Å². The summed E-state index contributed by atoms with van der Waals surface area (Å²) in [5.41, 5.74) is 0.962. The highest BCUT2D eigenvalue weighted by Crippen LogP contribution is 2.33. The van der Waals surface area contributed by atoms with Crippen molar-refractivity contribution < 1.29 is 13.6 Å². The summed E-state index contributed by atoms with van der Waals surface area (Å²) in [4.78, 5) is 13.1. The fourth-order valence-corrected chi connectivity index (χ4v) is 3.70. The molecule has 2 nitrogen and oxygen atoms in total. The average molecular weight is 331 g/mol. The maximum absolute atomic E-state index is 13.7. The second kappa shape index (κ2) is 6.46. The van der Waals surface area contributed by atoms with Gasteiger partial charge in [-0.1, -0.05) is 31.5 Å². The molecule has 0 saturated heterocycles. The number of halogens is 2. The molecule has 0 atom stereocenters. The number of hydrogen-bond donors (Lipinski definition) is 1. The number of thiophene rings is 1. The third-order valence-corrected chi connectivity index (χ3v) is 4.80. The van der Waals surface area contributed by atoms with Crippen LogP contribution >= 0.6 is 11.3 Å². The molecule has 0 radical (unpaired) electrons. The third kappa shape index (κ3) is 3.10. The minimum atomic E-state index is -0.781. The lowest BCUT2D eigenvalue weighted by atomic mass is 10.1. The summed E-state index contributed by atoms with van der Waals surface area (Å²) < 4.78 is 27.7. The molecule has 0 fully saturated rings. The Morgan fingerprint density at radius 3 is 2.70 bits per heavy atom. The average Bonchev–Trinajstić information content (AvgIpc) is 2.90. The van der Waals surface area contributed by atoms with Crippen LogP contribution in [0.25, 0.3) is 10.1 Å². The highest BCUT2D eigenvalue weighted by molar-refractivity contribution is 7.21. The normalized spacial score (nSPS) is 10.9. The molecule has 0 saturated carbocycles. The number of rotatable bonds is 4. The lowest BCUT2D eigenvalue weighted by molar-refractivity contribution is 0.102. The Morgan fingerprint density at radius 2 is 1.96 bits per heavy atom. The fraction of sp³-hybridized carbons (Fsp3) is 0.167. The van der Waals surface area contributed by atoms with Crippen molar-refractivity contribution in [2.24, 2.45) is 0 Å². The summed E-state index contributed by atoms with van der Waals surface area (Å²) in [5, 5.41) is 3.60. The van der Waals surface area contributed by atoms with E-state index in [1.807, 2.05) is 31.2 Å². The van der Waals surface area contributed by atoms with Gasteiger partial charge in [0, 0.05) is 10.8 Å². The van der Waals surface area contributed by atoms with Gasteiger partial charge in [-0.25, -0.2) is 8.78 Å². The Morgan fingerprint density at radius 1 is 1.17 bits per heavy atom. The smallest absolute Gasteiger partial charge is 0.266 e. The molecular formula is C18H15F2NOS. The van der Waals surface area contributed by atoms with E-state index in [1.165, 1.54) is 17.4 Å². The van der Waals surface area contributed by atoms with Gasteiger partial charge < -0.3 is 5.32 Å². The van der Waals surface area contributed by atoms with E-state index >= 15 is 0 Å². The lowest BCUT2D eigenvalue weighted by Crippen LogP contribution is -2.13. The predicted octanol–water partition coefficient (Wildman–Crippen LogP) is 5.38. The molecule has 3 rings (SSSR count). The Labute approximate surface area is 136 Å². The van der Waals surface area contributed by atoms with Gasteiger partial charge in [0.05, 0.1) is 10.6 Å². The molecule has 0 aliphatic rings. The van der Waals surface area contributed by atoms with E-state index in [4.69, 9.17) is 0 Å². The molecule has 0 spiro atoms. The van der Waals surface area contributed by atoms with Gasteiger partial charge in [0.15, 0.2) is 0 Å². The maximum atomic E-state index is 13.7. The van der Waals surface area contributed by atoms with E-state index in [9.17, 15) is 13.6 Å². The zero-order valence-corrected chi connectivity index (χ0v) is 13.3. The van der Waals surface area contributed by atoms with E-state index in [0.29, 0.717) is 4.88 Å². The quantitative estimate of drug-likeness (QED) is 0.683. The molecule has 0 aliphatic carbocycles. The molecule has 3 aromatic rings. The number of fused-ring (bicyclic) bond motifs is 1. The van der Waals surface area contributed by atoms with E-state index in [2.05, 4.69) is 5.32 Å². The third-order valence-electron chi connectivity index (χ3n) is 3.58. The SMILES string of the molecule is CCCc1c(C(=O)Nc2ccc(F)cc2F)sc2ccccc12. The number of aryl methyl sites for hydroxylation is 1. The number of anilines is 1. The van der Waals surface area contributed by atoms with Crippen LogP contribution in [0.5, 0.6) is 0 Å². The fourth-order valence-electron chi connectivity index (χ4n) is 2.55. The molecule has 1 N–H and O–H groups in total. The number of amides is 1. The van der Waals surface area contributed by atoms with Crippen molar-refractivity contribution in [1.29, 1.82) is 0 Å². The monoisotopic (exact) mass is 331 g/mol. The second-order valence-electron chi connectivity index (χ2n) is 5.23. The first-order chi connectivity index (χ1) is 11.1. The largest absolute Gasteiger partial charge is 0.319 e. The molecule has 1 aromatic heterocycles. The first-order valence-corrected chi connectivity index (χ1v) is 8.18. The van der Waals surface area contributed by atoms with E-state index in [1.54, 1.807) is 0 Å². The minimum absolute atomic E-state index is 0.0173. The number of hydrogen-bond acceptors (Lipinski definition) is 2. The van der Waals surface area contributed by atoms with Crippen LogP contribution in [-0.2, 0) is 6.42 Å². The van der Waals surface area contributed by atoms with Crippen LogP contribution in [0, 0.1) is 11.6 Å². The van der Waals surface area contributed by atoms with Crippen molar-refractivity contribution in [3.63, 3.8) is 0 Å². The summed E-state index contributed by atoms with van der Waals surface area (Å²) >= 11 is 1.39. The lowest BCUT2D eigenvalue weighted by Gasteiger charge is -2.07. The van der Waals surface area contributed by atoms with Crippen molar-refractivity contribution in [3.05, 3.63) is 64.5 Å². The minimum Gasteiger partial charge on any atom is -0.319 e. The Hall–Kier alpha value is -2.27. The summed E-state index contributed by atoms with van der Waals surface area (Å²) in [7, 11) is 0. The van der Waals surface area contributed by atoms with Crippen LogP contribution in [0.4, 0.5) is 14.5 Å². The molecule has 2 aromatic carbocycles. The van der Waals surface area contributed by atoms with Gasteiger partial charge in [0.1, 0.15) is 11.6 Å². The van der Waals surface area contributed by atoms with Crippen LogP contribution in [0.1, 0.15) is 28.6 Å². The standard InChI is InChI=1S/C18H15F2NOS/c1-2-5-13-12-6-3-4-7-16(12)23-17(13)18(22)21-15-9-8-11(19)10-14(15)20/h3-4,6-10H,2,5H2,1H3,(H,21,22). The highest BCUT2D eigenvalue weighted by atomic mass is 32.1. The zero-order valence-electron chi connectivity index (χ0n) is 12.5. The molecule has 118 valence electrons. The van der Waals surface area contributed by atoms with Crippen LogP contribution in [-0.4, -0.2) is 5.91 Å². The molecule has 0 bridgehead atoms. The van der Waals surface area contributed by atoms with Crippen molar-refractivity contribution in [3.8, 4) is 0 Å². The van der Waals surface area contributed by atoms with Crippen molar-refractivity contribution >= 4 is 33.0 Å². The van der Waals surface area contributed by atoms with Crippen LogP contribution in [0.15, 0.2) is 42.5 Å². The van der Waals surface area contributed by atoms with Crippen LogP contribution < -0.4 is 5.32 Å². The first kappa shape index (κ1) is 15.6. The number of nitrogens with one attached hydrogen (secondary N) is 1. The summed E-state index contributed by atoms with van der Waals surface area (Å²) in [5.74, 6) is -1.81. The van der Waals surface area contributed by atoms with Gasteiger partial charge in [0.25, 0.3) is 5.91 Å². The van der Waals surface area contributed by atoms with Crippen LogP contribution in [0.2, 0.25) is 0 Å². The Kier molecular flexibility index (Phi) is 4.39. The van der Waals surface area contributed by atoms with Gasteiger partial charge in [-0.15, -0.1) is 11.3 Å². The van der Waals surface area contributed by atoms with Gasteiger partial charge in [0.2, 0.25) is 0 Å². The van der Waals surface area contributed by atoms with Gasteiger partial charge in [-0.3, -0.25) is 4.79 Å². The molecule has 0 unspecified atom stereocenters. The van der Waals surface area contributed by atoms with Gasteiger partial charge in [-0.2, -0.15) is 0 Å². The molecule has 1 amide bonds. The number of carbonyl (C=O) groups is 1. The summed E-state index contributed by atoms with van der Waals surface area (Å²) in [6.45, 7) is 2.05.